The molecule has 4 aromatic rings. The van der Waals surface area contributed by atoms with Crippen LogP contribution in [0, 0.1) is 12.7 Å². The van der Waals surface area contributed by atoms with E-state index in [-0.39, 0.29) is 11.9 Å². The Morgan fingerprint density at radius 2 is 1.93 bits per heavy atom. The molecule has 0 unspecified atom stereocenters. The summed E-state index contributed by atoms with van der Waals surface area (Å²) in [5.41, 5.74) is 10.3. The van der Waals surface area contributed by atoms with Gasteiger partial charge in [-0.1, -0.05) is 23.4 Å². The molecule has 0 saturated heterocycles. The van der Waals surface area contributed by atoms with Gasteiger partial charge in [-0.2, -0.15) is 0 Å². The van der Waals surface area contributed by atoms with E-state index in [1.165, 1.54) is 18.5 Å². The van der Waals surface area contributed by atoms with Crippen molar-refractivity contribution in [1.82, 2.24) is 15.1 Å². The van der Waals surface area contributed by atoms with Crippen molar-refractivity contribution < 1.29 is 8.91 Å². The molecule has 0 radical (unpaired) electrons. The second-order valence-corrected chi connectivity index (χ2v) is 6.31. The Balaban J connectivity index is 1.50. The number of benzene rings is 2. The summed E-state index contributed by atoms with van der Waals surface area (Å²) < 4.78 is 18.3. The monoisotopic (exact) mass is 363 g/mol. The number of nitrogens with one attached hydrogen (secondary N) is 1. The van der Waals surface area contributed by atoms with Crippen molar-refractivity contribution in [3.05, 3.63) is 71.9 Å². The van der Waals surface area contributed by atoms with Gasteiger partial charge in [-0.15, -0.1) is 0 Å². The lowest BCUT2D eigenvalue weighted by Gasteiger charge is -2.14. The first-order chi connectivity index (χ1) is 13.1. The first kappa shape index (κ1) is 17.1. The summed E-state index contributed by atoms with van der Waals surface area (Å²) >= 11 is 0. The van der Waals surface area contributed by atoms with E-state index in [1.54, 1.807) is 12.1 Å². The molecule has 0 aliphatic rings. The van der Waals surface area contributed by atoms with Crippen LogP contribution in [-0.4, -0.2) is 21.7 Å². The Labute approximate surface area is 155 Å². The molecule has 6 nitrogen and oxygen atoms in total. The molecular weight excluding hydrogens is 345 g/mol. The van der Waals surface area contributed by atoms with E-state index in [4.69, 9.17) is 10.3 Å². The van der Waals surface area contributed by atoms with Crippen LogP contribution >= 0.6 is 0 Å². The fourth-order valence-corrected chi connectivity index (χ4v) is 2.88. The zero-order valence-corrected chi connectivity index (χ0v) is 14.7. The van der Waals surface area contributed by atoms with Gasteiger partial charge in [0.05, 0.1) is 11.4 Å². The molecule has 0 aliphatic heterocycles. The highest BCUT2D eigenvalue weighted by Gasteiger charge is 2.10. The fourth-order valence-electron chi connectivity index (χ4n) is 2.88. The van der Waals surface area contributed by atoms with Gasteiger partial charge in [0.25, 0.3) is 0 Å². The first-order valence-electron chi connectivity index (χ1n) is 8.53. The fraction of sp³-hybridized carbons (Fsp3) is 0.150. The molecule has 2 aromatic carbocycles. The average Bonchev–Trinajstić information content (AvgIpc) is 3.07. The quantitative estimate of drug-likeness (QED) is 0.560. The molecule has 27 heavy (non-hydrogen) atoms. The molecule has 0 aliphatic carbocycles. The number of hydrogen-bond donors (Lipinski definition) is 2. The molecular formula is C20H18FN5O. The van der Waals surface area contributed by atoms with Crippen LogP contribution < -0.4 is 11.1 Å². The second kappa shape index (κ2) is 7.13. The van der Waals surface area contributed by atoms with Crippen molar-refractivity contribution in [3.63, 3.8) is 0 Å². The van der Waals surface area contributed by atoms with Gasteiger partial charge in [0, 0.05) is 29.6 Å². The number of fused-ring (bicyclic) bond motifs is 1. The molecule has 3 N–H and O–H groups in total. The average molecular weight is 363 g/mol. The Morgan fingerprint density at radius 3 is 2.74 bits per heavy atom. The maximum absolute atomic E-state index is 13.0. The molecule has 4 rings (SSSR count). The molecule has 0 fully saturated rings. The Kier molecular flexibility index (Phi) is 4.52. The maximum atomic E-state index is 13.0. The molecule has 1 atom stereocenters. The van der Waals surface area contributed by atoms with Crippen molar-refractivity contribution >= 4 is 16.8 Å². The molecule has 7 heteroatoms. The van der Waals surface area contributed by atoms with Crippen LogP contribution in [0.3, 0.4) is 0 Å². The minimum atomic E-state index is -0.280. The molecule has 0 bridgehead atoms. The summed E-state index contributed by atoms with van der Waals surface area (Å²) in [7, 11) is 0. The van der Waals surface area contributed by atoms with Crippen LogP contribution in [0.5, 0.6) is 0 Å². The van der Waals surface area contributed by atoms with Crippen LogP contribution in [0.1, 0.15) is 17.3 Å². The topological polar surface area (TPSA) is 89.9 Å². The first-order valence-corrected chi connectivity index (χ1v) is 8.53. The molecule has 136 valence electrons. The van der Waals surface area contributed by atoms with Crippen LogP contribution in [0.15, 0.2) is 59.4 Å². The number of aromatic nitrogens is 3. The van der Waals surface area contributed by atoms with Crippen molar-refractivity contribution in [1.29, 1.82) is 0 Å². The summed E-state index contributed by atoms with van der Waals surface area (Å²) in [5, 5.41) is 8.16. The summed E-state index contributed by atoms with van der Waals surface area (Å²) in [6.07, 6.45) is 1.50. The molecule has 0 spiro atoms. The zero-order chi connectivity index (χ0) is 18.8. The van der Waals surface area contributed by atoms with Crippen LogP contribution in [0.2, 0.25) is 0 Å². The molecule has 0 amide bonds. The van der Waals surface area contributed by atoms with E-state index in [0.29, 0.717) is 12.4 Å². The lowest BCUT2D eigenvalue weighted by Crippen LogP contribution is -2.21. The SMILES string of the molecule is Cc1noc2cc(-c3cc(NC[C@H](N)c4ccc(F)cc4)ncn3)ccc12. The number of aryl methyl sites for hydroxylation is 1. The van der Waals surface area contributed by atoms with E-state index >= 15 is 0 Å². The van der Waals surface area contributed by atoms with Gasteiger partial charge in [-0.25, -0.2) is 14.4 Å². The molecule has 2 heterocycles. The zero-order valence-electron chi connectivity index (χ0n) is 14.7. The summed E-state index contributed by atoms with van der Waals surface area (Å²) in [6.45, 7) is 2.37. The number of hydrogen-bond acceptors (Lipinski definition) is 6. The minimum absolute atomic E-state index is 0.279. The van der Waals surface area contributed by atoms with Crippen molar-refractivity contribution in [2.24, 2.45) is 5.73 Å². The summed E-state index contributed by atoms with van der Waals surface area (Å²) in [5.74, 6) is 0.379. The van der Waals surface area contributed by atoms with E-state index < -0.39 is 0 Å². The highest BCUT2D eigenvalue weighted by molar-refractivity contribution is 5.84. The third-order valence-corrected chi connectivity index (χ3v) is 4.42. The third-order valence-electron chi connectivity index (χ3n) is 4.42. The third kappa shape index (κ3) is 3.63. The maximum Gasteiger partial charge on any atom is 0.167 e. The standard InChI is InChI=1S/C20H18FN5O/c1-12-16-7-4-14(8-19(16)27-26-12)18-9-20(25-11-24-18)23-10-17(22)13-2-5-15(21)6-3-13/h2-9,11,17H,10,22H2,1H3,(H,23,24,25)/t17-/m0/s1. The Morgan fingerprint density at radius 1 is 1.11 bits per heavy atom. The number of anilines is 1. The van der Waals surface area contributed by atoms with Gasteiger partial charge in [-0.05, 0) is 36.8 Å². The number of nitrogens with zero attached hydrogens (tertiary/aromatic N) is 3. The number of nitrogens with two attached hydrogens (primary N) is 1. The summed E-state index contributed by atoms with van der Waals surface area (Å²) in [4.78, 5) is 8.57. The normalized spacial score (nSPS) is 12.3. The number of halogens is 1. The van der Waals surface area contributed by atoms with Gasteiger partial charge in [0.15, 0.2) is 5.58 Å². The van der Waals surface area contributed by atoms with Crippen LogP contribution in [0.4, 0.5) is 10.2 Å². The predicted molar refractivity (Wildman–Crippen MR) is 102 cm³/mol. The van der Waals surface area contributed by atoms with Crippen LogP contribution in [0.25, 0.3) is 22.2 Å². The number of rotatable bonds is 5. The Bertz CT molecular complexity index is 1080. The predicted octanol–water partition coefficient (Wildman–Crippen LogP) is 3.84. The highest BCUT2D eigenvalue weighted by Crippen LogP contribution is 2.25. The highest BCUT2D eigenvalue weighted by atomic mass is 19.1. The van der Waals surface area contributed by atoms with Gasteiger partial charge < -0.3 is 15.6 Å². The van der Waals surface area contributed by atoms with E-state index in [0.717, 1.165) is 33.5 Å². The van der Waals surface area contributed by atoms with E-state index in [1.807, 2.05) is 31.2 Å². The van der Waals surface area contributed by atoms with E-state index in [2.05, 4.69) is 20.4 Å². The lowest BCUT2D eigenvalue weighted by atomic mass is 10.1. The van der Waals surface area contributed by atoms with Crippen molar-refractivity contribution in [2.45, 2.75) is 13.0 Å². The van der Waals surface area contributed by atoms with Gasteiger partial charge in [-0.3, -0.25) is 0 Å². The smallest absolute Gasteiger partial charge is 0.167 e. The van der Waals surface area contributed by atoms with Gasteiger partial charge in [0.1, 0.15) is 18.0 Å². The largest absolute Gasteiger partial charge is 0.368 e. The summed E-state index contributed by atoms with van der Waals surface area (Å²) in [6, 6.07) is 13.6. The second-order valence-electron chi connectivity index (χ2n) is 6.31. The van der Waals surface area contributed by atoms with Crippen LogP contribution in [-0.2, 0) is 0 Å². The molecule has 2 aromatic heterocycles. The lowest BCUT2D eigenvalue weighted by molar-refractivity contribution is 0.450. The van der Waals surface area contributed by atoms with Crippen molar-refractivity contribution in [2.75, 3.05) is 11.9 Å². The molecule has 0 saturated carbocycles. The Hall–Kier alpha value is -3.32. The van der Waals surface area contributed by atoms with Gasteiger partial charge >= 0.3 is 0 Å². The van der Waals surface area contributed by atoms with E-state index in [9.17, 15) is 4.39 Å². The van der Waals surface area contributed by atoms with Crippen molar-refractivity contribution in [3.8, 4) is 11.3 Å². The van der Waals surface area contributed by atoms with Gasteiger partial charge in [0.2, 0.25) is 0 Å². The minimum Gasteiger partial charge on any atom is -0.368 e.